The molecule has 100 valence electrons. The molecular weight excluding hydrogens is 254 g/mol. The number of fused-ring (bicyclic) bond motifs is 3. The first-order valence-electron chi connectivity index (χ1n) is 6.36. The smallest absolute Gasteiger partial charge is 0.192 e. The van der Waals surface area contributed by atoms with Gasteiger partial charge in [0.1, 0.15) is 17.1 Å². The number of ketones is 1. The number of hydrogen-bond acceptors (Lipinski definition) is 4. The highest BCUT2D eigenvalue weighted by Crippen LogP contribution is 2.24. The van der Waals surface area contributed by atoms with Gasteiger partial charge in [-0.05, 0) is 31.4 Å². The molecule has 3 rings (SSSR count). The van der Waals surface area contributed by atoms with Gasteiger partial charge in [-0.1, -0.05) is 6.07 Å². The lowest BCUT2D eigenvalue weighted by Crippen LogP contribution is -2.05. The van der Waals surface area contributed by atoms with Crippen molar-refractivity contribution in [3.63, 3.8) is 0 Å². The average molecular weight is 267 g/mol. The van der Waals surface area contributed by atoms with Gasteiger partial charge in [0.05, 0.1) is 11.8 Å². The Labute approximate surface area is 115 Å². The average Bonchev–Trinajstić information content (AvgIpc) is 2.37. The fourth-order valence-electron chi connectivity index (χ4n) is 2.32. The monoisotopic (exact) mass is 267 g/mol. The Morgan fingerprint density at radius 1 is 1.25 bits per heavy atom. The zero-order chi connectivity index (χ0) is 14.3. The number of nitrogens with zero attached hydrogens (tertiary/aromatic N) is 1. The van der Waals surface area contributed by atoms with Gasteiger partial charge >= 0.3 is 0 Å². The summed E-state index contributed by atoms with van der Waals surface area (Å²) in [7, 11) is 0. The van der Waals surface area contributed by atoms with Gasteiger partial charge in [-0.3, -0.25) is 14.6 Å². The Morgan fingerprint density at radius 3 is 2.80 bits per heavy atom. The third-order valence-electron chi connectivity index (χ3n) is 3.21. The van der Waals surface area contributed by atoms with Crippen molar-refractivity contribution in [1.82, 2.24) is 4.98 Å². The van der Waals surface area contributed by atoms with Crippen molar-refractivity contribution < 1.29 is 9.21 Å². The molecule has 0 atom stereocenters. The van der Waals surface area contributed by atoms with Crippen LogP contribution in [0.2, 0.25) is 0 Å². The van der Waals surface area contributed by atoms with Gasteiger partial charge in [-0.15, -0.1) is 0 Å². The van der Waals surface area contributed by atoms with Gasteiger partial charge in [-0.25, -0.2) is 0 Å². The SMILES string of the molecule is CC(=O)Cc1cc(=O)c2ccc3cc(C)ncc3c2o1. The van der Waals surface area contributed by atoms with E-state index in [0.29, 0.717) is 16.7 Å². The zero-order valence-corrected chi connectivity index (χ0v) is 11.3. The molecule has 3 aromatic rings. The summed E-state index contributed by atoms with van der Waals surface area (Å²) in [6, 6.07) is 6.96. The van der Waals surface area contributed by atoms with Crippen molar-refractivity contribution in [3.05, 3.63) is 52.1 Å². The molecule has 0 fully saturated rings. The highest BCUT2D eigenvalue weighted by atomic mass is 16.3. The van der Waals surface area contributed by atoms with Crippen LogP contribution in [0, 0.1) is 6.92 Å². The van der Waals surface area contributed by atoms with Crippen LogP contribution in [0.25, 0.3) is 21.7 Å². The van der Waals surface area contributed by atoms with Crippen molar-refractivity contribution in [2.45, 2.75) is 20.3 Å². The van der Waals surface area contributed by atoms with Gasteiger partial charge in [0.25, 0.3) is 0 Å². The van der Waals surface area contributed by atoms with Gasteiger partial charge in [0.15, 0.2) is 5.43 Å². The Balaban J connectivity index is 2.38. The van der Waals surface area contributed by atoms with Crippen molar-refractivity contribution in [2.24, 2.45) is 0 Å². The van der Waals surface area contributed by atoms with Crippen LogP contribution in [0.3, 0.4) is 0 Å². The third-order valence-corrected chi connectivity index (χ3v) is 3.21. The van der Waals surface area contributed by atoms with E-state index in [-0.39, 0.29) is 17.6 Å². The second-order valence-corrected chi connectivity index (χ2v) is 4.94. The first kappa shape index (κ1) is 12.5. The Kier molecular flexibility index (Phi) is 2.86. The third kappa shape index (κ3) is 2.09. The minimum Gasteiger partial charge on any atom is -0.460 e. The number of carbonyl (C=O) groups is 1. The fourth-order valence-corrected chi connectivity index (χ4v) is 2.32. The van der Waals surface area contributed by atoms with Crippen LogP contribution >= 0.6 is 0 Å². The topological polar surface area (TPSA) is 60.2 Å². The number of aryl methyl sites for hydroxylation is 1. The molecule has 0 aliphatic rings. The lowest BCUT2D eigenvalue weighted by Gasteiger charge is -2.05. The Hall–Kier alpha value is -2.49. The van der Waals surface area contributed by atoms with Crippen molar-refractivity contribution >= 4 is 27.5 Å². The molecule has 0 saturated heterocycles. The summed E-state index contributed by atoms with van der Waals surface area (Å²) in [5.41, 5.74) is 1.27. The number of rotatable bonds is 2. The number of Topliss-reactive ketones (excluding diaryl/α,β-unsaturated/α-hetero) is 1. The van der Waals surface area contributed by atoms with Crippen LogP contribution in [-0.2, 0) is 11.2 Å². The number of benzene rings is 1. The lowest BCUT2D eigenvalue weighted by atomic mass is 10.1. The normalized spacial score (nSPS) is 11.1. The number of pyridine rings is 1. The molecule has 0 bridgehead atoms. The van der Waals surface area contributed by atoms with E-state index in [2.05, 4.69) is 4.98 Å². The molecule has 0 saturated carbocycles. The van der Waals surface area contributed by atoms with E-state index in [1.807, 2.05) is 19.1 Å². The molecule has 0 radical (unpaired) electrons. The molecule has 0 N–H and O–H groups in total. The highest BCUT2D eigenvalue weighted by molar-refractivity contribution is 6.03. The van der Waals surface area contributed by atoms with Gasteiger partial charge in [0.2, 0.25) is 0 Å². The molecule has 4 nitrogen and oxygen atoms in total. The lowest BCUT2D eigenvalue weighted by molar-refractivity contribution is -0.116. The summed E-state index contributed by atoms with van der Waals surface area (Å²) in [5.74, 6) is 0.352. The molecule has 0 spiro atoms. The molecule has 2 aromatic heterocycles. The predicted octanol–water partition coefficient (Wildman–Crippen LogP) is 2.78. The van der Waals surface area contributed by atoms with Crippen LogP contribution < -0.4 is 5.43 Å². The van der Waals surface area contributed by atoms with Gasteiger partial charge in [-0.2, -0.15) is 0 Å². The van der Waals surface area contributed by atoms with Gasteiger partial charge in [0, 0.05) is 23.3 Å². The van der Waals surface area contributed by atoms with Crippen LogP contribution in [-0.4, -0.2) is 10.8 Å². The van der Waals surface area contributed by atoms with Crippen molar-refractivity contribution in [2.75, 3.05) is 0 Å². The second-order valence-electron chi connectivity index (χ2n) is 4.94. The van der Waals surface area contributed by atoms with E-state index in [1.54, 1.807) is 12.3 Å². The van der Waals surface area contributed by atoms with Crippen LogP contribution in [0.15, 0.2) is 39.7 Å². The summed E-state index contributed by atoms with van der Waals surface area (Å²) < 4.78 is 5.75. The van der Waals surface area contributed by atoms with E-state index in [1.165, 1.54) is 13.0 Å². The van der Waals surface area contributed by atoms with Crippen molar-refractivity contribution in [3.8, 4) is 0 Å². The minimum atomic E-state index is -0.134. The van der Waals surface area contributed by atoms with E-state index in [9.17, 15) is 9.59 Å². The number of carbonyl (C=O) groups excluding carboxylic acids is 1. The second kappa shape index (κ2) is 4.56. The summed E-state index contributed by atoms with van der Waals surface area (Å²) in [5, 5.41) is 2.26. The molecular formula is C16H13NO3. The quantitative estimate of drug-likeness (QED) is 0.670. The maximum Gasteiger partial charge on any atom is 0.192 e. The van der Waals surface area contributed by atoms with Gasteiger partial charge < -0.3 is 4.42 Å². The fraction of sp³-hybridized carbons (Fsp3) is 0.188. The van der Waals surface area contributed by atoms with Crippen LogP contribution in [0.5, 0.6) is 0 Å². The molecule has 0 aliphatic carbocycles. The van der Waals surface area contributed by atoms with Crippen molar-refractivity contribution in [1.29, 1.82) is 0 Å². The Bertz CT molecular complexity index is 893. The number of aromatic nitrogens is 1. The van der Waals surface area contributed by atoms with E-state index >= 15 is 0 Å². The first-order valence-corrected chi connectivity index (χ1v) is 6.36. The highest BCUT2D eigenvalue weighted by Gasteiger charge is 2.10. The molecule has 0 unspecified atom stereocenters. The largest absolute Gasteiger partial charge is 0.460 e. The molecule has 0 amide bonds. The minimum absolute atomic E-state index is 0.0401. The standard InChI is InChI=1S/C16H13NO3/c1-9-5-11-3-4-13-15(19)7-12(6-10(2)18)20-16(13)14(11)8-17-9/h3-5,7-8H,6H2,1-2H3. The zero-order valence-electron chi connectivity index (χ0n) is 11.3. The van der Waals surface area contributed by atoms with Crippen LogP contribution in [0.4, 0.5) is 0 Å². The molecule has 0 aliphatic heterocycles. The first-order chi connectivity index (χ1) is 9.54. The Morgan fingerprint density at radius 2 is 2.05 bits per heavy atom. The molecule has 1 aromatic carbocycles. The molecule has 4 heteroatoms. The van der Waals surface area contributed by atoms with E-state index in [0.717, 1.165) is 16.5 Å². The number of hydrogen-bond donors (Lipinski definition) is 0. The summed E-state index contributed by atoms with van der Waals surface area (Å²) >= 11 is 0. The maximum absolute atomic E-state index is 12.1. The summed E-state index contributed by atoms with van der Waals surface area (Å²) in [4.78, 5) is 27.5. The van der Waals surface area contributed by atoms with E-state index in [4.69, 9.17) is 4.42 Å². The van der Waals surface area contributed by atoms with Crippen LogP contribution in [0.1, 0.15) is 18.4 Å². The maximum atomic E-state index is 12.1. The predicted molar refractivity (Wildman–Crippen MR) is 76.9 cm³/mol. The molecule has 20 heavy (non-hydrogen) atoms. The summed E-state index contributed by atoms with van der Waals surface area (Å²) in [6.07, 6.45) is 1.83. The van der Waals surface area contributed by atoms with E-state index < -0.39 is 0 Å². The summed E-state index contributed by atoms with van der Waals surface area (Å²) in [6.45, 7) is 3.38. The molecule has 2 heterocycles.